The molecule has 0 bridgehead atoms. The summed E-state index contributed by atoms with van der Waals surface area (Å²) in [7, 11) is 0. The number of anilines is 1. The Bertz CT molecular complexity index is 986. The largest absolute Gasteiger partial charge is 0.416 e. The molecule has 0 radical (unpaired) electrons. The van der Waals surface area contributed by atoms with Crippen LogP contribution in [0.1, 0.15) is 42.4 Å². The highest BCUT2D eigenvalue weighted by Crippen LogP contribution is 2.30. The molecule has 1 N–H and O–H groups in total. The van der Waals surface area contributed by atoms with Crippen molar-refractivity contribution in [2.24, 2.45) is 0 Å². The third kappa shape index (κ3) is 4.24. The highest BCUT2D eigenvalue weighted by Gasteiger charge is 2.31. The number of nitrogens with zero attached hydrogens (tertiary/aromatic N) is 2. The van der Waals surface area contributed by atoms with Crippen LogP contribution < -0.4 is 5.32 Å². The van der Waals surface area contributed by atoms with Gasteiger partial charge in [-0.25, -0.2) is 4.68 Å². The summed E-state index contributed by atoms with van der Waals surface area (Å²) in [5, 5.41) is 7.27. The molecule has 0 unspecified atom stereocenters. The molecule has 2 aromatic carbocycles. The molecule has 0 aliphatic heterocycles. The summed E-state index contributed by atoms with van der Waals surface area (Å²) in [5.74, 6) is -0.248. The third-order valence-corrected chi connectivity index (χ3v) is 4.17. The van der Waals surface area contributed by atoms with E-state index in [9.17, 15) is 18.0 Å². The van der Waals surface area contributed by atoms with Gasteiger partial charge in [0.15, 0.2) is 0 Å². The minimum atomic E-state index is -4.51. The van der Waals surface area contributed by atoms with Gasteiger partial charge < -0.3 is 5.32 Å². The minimum absolute atomic E-state index is 0.0760. The molecule has 0 saturated heterocycles. The first kappa shape index (κ1) is 19.7. The van der Waals surface area contributed by atoms with Gasteiger partial charge in [-0.05, 0) is 30.3 Å². The Morgan fingerprint density at radius 1 is 0.964 bits per heavy atom. The van der Waals surface area contributed by atoms with E-state index in [4.69, 9.17) is 0 Å². The molecule has 0 aliphatic carbocycles. The maximum absolute atomic E-state index is 12.9. The van der Waals surface area contributed by atoms with E-state index in [1.807, 2.05) is 51.1 Å². The van der Waals surface area contributed by atoms with Gasteiger partial charge in [0.1, 0.15) is 5.82 Å². The van der Waals surface area contributed by atoms with Crippen LogP contribution in [0.5, 0.6) is 0 Å². The van der Waals surface area contributed by atoms with Crippen LogP contribution in [-0.2, 0) is 11.6 Å². The van der Waals surface area contributed by atoms with Gasteiger partial charge in [0.2, 0.25) is 0 Å². The molecule has 0 spiro atoms. The van der Waals surface area contributed by atoms with Crippen LogP contribution in [0.2, 0.25) is 0 Å². The van der Waals surface area contributed by atoms with Gasteiger partial charge in [-0.15, -0.1) is 0 Å². The summed E-state index contributed by atoms with van der Waals surface area (Å²) in [6.45, 7) is 5.97. The van der Waals surface area contributed by atoms with Crippen molar-refractivity contribution in [1.82, 2.24) is 9.78 Å². The zero-order valence-electron chi connectivity index (χ0n) is 15.7. The molecule has 3 rings (SSSR count). The van der Waals surface area contributed by atoms with E-state index in [0.29, 0.717) is 5.82 Å². The van der Waals surface area contributed by atoms with Crippen LogP contribution >= 0.6 is 0 Å². The molecule has 7 heteroatoms. The van der Waals surface area contributed by atoms with Crippen LogP contribution in [0.3, 0.4) is 0 Å². The van der Waals surface area contributed by atoms with E-state index in [0.717, 1.165) is 23.5 Å². The number of nitrogens with one attached hydrogen (secondary N) is 1. The molecule has 0 aliphatic rings. The Morgan fingerprint density at radius 2 is 1.64 bits per heavy atom. The fourth-order valence-corrected chi connectivity index (χ4v) is 2.63. The Morgan fingerprint density at radius 3 is 2.25 bits per heavy atom. The molecule has 1 aromatic heterocycles. The van der Waals surface area contributed by atoms with Crippen molar-refractivity contribution in [2.45, 2.75) is 32.4 Å². The zero-order valence-corrected chi connectivity index (χ0v) is 15.7. The minimum Gasteiger partial charge on any atom is -0.306 e. The number of alkyl halides is 3. The molecule has 4 nitrogen and oxygen atoms in total. The number of hydrogen-bond acceptors (Lipinski definition) is 2. The summed E-state index contributed by atoms with van der Waals surface area (Å²) in [6.07, 6.45) is -4.51. The average molecular weight is 387 g/mol. The lowest BCUT2D eigenvalue weighted by Crippen LogP contribution is -2.16. The number of halogens is 3. The fourth-order valence-electron chi connectivity index (χ4n) is 2.63. The Balaban J connectivity index is 1.98. The average Bonchev–Trinajstić information content (AvgIpc) is 3.06. The first-order valence-electron chi connectivity index (χ1n) is 8.70. The lowest BCUT2D eigenvalue weighted by molar-refractivity contribution is -0.137. The van der Waals surface area contributed by atoms with Crippen LogP contribution in [-0.4, -0.2) is 15.7 Å². The predicted octanol–water partition coefficient (Wildman–Crippen LogP) is 5.44. The smallest absolute Gasteiger partial charge is 0.306 e. The standard InChI is InChI=1S/C21H20F3N3O/c1-20(2,3)17-13-18(27(26-17)16-10-5-4-6-11-16)25-19(28)14-8-7-9-15(12-14)21(22,23)24/h4-13H,1-3H3,(H,25,28). The van der Waals surface area contributed by atoms with Crippen molar-refractivity contribution in [2.75, 3.05) is 5.32 Å². The quantitative estimate of drug-likeness (QED) is 0.650. The number of aromatic nitrogens is 2. The van der Waals surface area contributed by atoms with Gasteiger partial charge in [-0.3, -0.25) is 4.79 Å². The second kappa shape index (κ2) is 7.14. The van der Waals surface area contributed by atoms with Gasteiger partial charge >= 0.3 is 6.18 Å². The maximum Gasteiger partial charge on any atom is 0.416 e. The number of para-hydroxylation sites is 1. The topological polar surface area (TPSA) is 46.9 Å². The first-order valence-corrected chi connectivity index (χ1v) is 8.70. The zero-order chi connectivity index (χ0) is 20.5. The highest BCUT2D eigenvalue weighted by molar-refractivity contribution is 6.04. The van der Waals surface area contributed by atoms with Gasteiger partial charge in [0.05, 0.1) is 16.9 Å². The number of amides is 1. The van der Waals surface area contributed by atoms with Crippen molar-refractivity contribution in [3.05, 3.63) is 77.5 Å². The second-order valence-electron chi connectivity index (χ2n) is 7.44. The van der Waals surface area contributed by atoms with Gasteiger partial charge in [0, 0.05) is 17.0 Å². The monoisotopic (exact) mass is 387 g/mol. The normalized spacial score (nSPS) is 12.1. The van der Waals surface area contributed by atoms with Crippen molar-refractivity contribution in [3.8, 4) is 5.69 Å². The predicted molar refractivity (Wildman–Crippen MR) is 102 cm³/mol. The Kier molecular flexibility index (Phi) is 5.02. The molecule has 146 valence electrons. The Hall–Kier alpha value is -3.09. The molecule has 0 fully saturated rings. The van der Waals surface area contributed by atoms with Crippen molar-refractivity contribution < 1.29 is 18.0 Å². The van der Waals surface area contributed by atoms with Gasteiger partial charge in [0.25, 0.3) is 5.91 Å². The number of carbonyl (C=O) groups is 1. The molecule has 0 saturated carbocycles. The van der Waals surface area contributed by atoms with Crippen molar-refractivity contribution in [3.63, 3.8) is 0 Å². The highest BCUT2D eigenvalue weighted by atomic mass is 19.4. The van der Waals surface area contributed by atoms with E-state index in [1.54, 1.807) is 10.7 Å². The third-order valence-electron chi connectivity index (χ3n) is 4.17. The summed E-state index contributed by atoms with van der Waals surface area (Å²) in [4.78, 5) is 12.6. The second-order valence-corrected chi connectivity index (χ2v) is 7.44. The van der Waals surface area contributed by atoms with E-state index in [2.05, 4.69) is 10.4 Å². The number of carbonyl (C=O) groups excluding carboxylic acids is 1. The number of benzene rings is 2. The maximum atomic E-state index is 12.9. The van der Waals surface area contributed by atoms with Crippen LogP contribution in [0, 0.1) is 0 Å². The summed E-state index contributed by atoms with van der Waals surface area (Å²) in [6, 6.07) is 15.3. The molecule has 1 heterocycles. The van der Waals surface area contributed by atoms with Crippen LogP contribution in [0.4, 0.5) is 19.0 Å². The van der Waals surface area contributed by atoms with Crippen molar-refractivity contribution in [1.29, 1.82) is 0 Å². The molecular weight excluding hydrogens is 367 g/mol. The number of hydrogen-bond donors (Lipinski definition) is 1. The lowest BCUT2D eigenvalue weighted by atomic mass is 9.92. The van der Waals surface area contributed by atoms with Crippen molar-refractivity contribution >= 4 is 11.7 Å². The Labute approximate surface area is 161 Å². The summed E-state index contributed by atoms with van der Waals surface area (Å²) >= 11 is 0. The van der Waals surface area contributed by atoms with E-state index in [-0.39, 0.29) is 11.0 Å². The van der Waals surface area contributed by atoms with E-state index >= 15 is 0 Å². The van der Waals surface area contributed by atoms with Crippen LogP contribution in [0.25, 0.3) is 5.69 Å². The first-order chi connectivity index (χ1) is 13.1. The summed E-state index contributed by atoms with van der Waals surface area (Å²) < 4.78 is 40.4. The summed E-state index contributed by atoms with van der Waals surface area (Å²) in [5.41, 5.74) is 0.267. The van der Waals surface area contributed by atoms with Crippen LogP contribution in [0.15, 0.2) is 60.7 Å². The SMILES string of the molecule is CC(C)(C)c1cc(NC(=O)c2cccc(C(F)(F)F)c2)n(-c2ccccc2)n1. The van der Waals surface area contributed by atoms with E-state index in [1.165, 1.54) is 12.1 Å². The van der Waals surface area contributed by atoms with E-state index < -0.39 is 17.6 Å². The fraction of sp³-hybridized carbons (Fsp3) is 0.238. The number of rotatable bonds is 3. The van der Waals surface area contributed by atoms with Gasteiger partial charge in [-0.1, -0.05) is 45.0 Å². The molecule has 3 aromatic rings. The lowest BCUT2D eigenvalue weighted by Gasteiger charge is -2.14. The molecule has 0 atom stereocenters. The molecule has 28 heavy (non-hydrogen) atoms. The van der Waals surface area contributed by atoms with Gasteiger partial charge in [-0.2, -0.15) is 18.3 Å². The molecular formula is C21H20F3N3O. The molecule has 1 amide bonds.